The maximum Gasteiger partial charge on any atom is 0.268 e. The van der Waals surface area contributed by atoms with Gasteiger partial charge in [0.2, 0.25) is 0 Å². The molecule has 1 aromatic heterocycles. The fraction of sp³-hybridized carbons (Fsp3) is 0.533. The molecule has 6 heteroatoms. The molecule has 112 valence electrons. The molecule has 2 aliphatic rings. The van der Waals surface area contributed by atoms with Gasteiger partial charge in [-0.25, -0.2) is 0 Å². The highest BCUT2D eigenvalue weighted by atomic mass is 16.2. The lowest BCUT2D eigenvalue weighted by atomic mass is 9.93. The minimum Gasteiger partial charge on any atom is -0.351 e. The van der Waals surface area contributed by atoms with Crippen LogP contribution in [0.2, 0.25) is 0 Å². The number of aromatic nitrogens is 1. The van der Waals surface area contributed by atoms with Crippen LogP contribution in [0.5, 0.6) is 0 Å². The molecular formula is C15H19N3O3. The zero-order valence-electron chi connectivity index (χ0n) is 12.4. The fourth-order valence-electron chi connectivity index (χ4n) is 3.18. The van der Waals surface area contributed by atoms with Crippen molar-refractivity contribution in [2.45, 2.75) is 32.7 Å². The van der Waals surface area contributed by atoms with Gasteiger partial charge < -0.3 is 14.8 Å². The molecule has 0 aliphatic carbocycles. The first-order chi connectivity index (χ1) is 10.0. The van der Waals surface area contributed by atoms with E-state index in [0.717, 1.165) is 18.4 Å². The van der Waals surface area contributed by atoms with Gasteiger partial charge in [-0.05, 0) is 31.7 Å². The zero-order valence-corrected chi connectivity index (χ0v) is 12.4. The lowest BCUT2D eigenvalue weighted by Crippen LogP contribution is -2.43. The van der Waals surface area contributed by atoms with E-state index in [-0.39, 0.29) is 17.4 Å². The van der Waals surface area contributed by atoms with Gasteiger partial charge in [0.1, 0.15) is 5.69 Å². The van der Waals surface area contributed by atoms with Crippen molar-refractivity contribution in [1.82, 2.24) is 14.8 Å². The lowest BCUT2D eigenvalue weighted by Gasteiger charge is -2.29. The summed E-state index contributed by atoms with van der Waals surface area (Å²) in [5.74, 6) is -0.399. The molecule has 0 bridgehead atoms. The number of hydrogen-bond donors (Lipinski definition) is 1. The Hall–Kier alpha value is -2.11. The molecule has 0 unspecified atom stereocenters. The first kappa shape index (κ1) is 13.9. The fourth-order valence-corrected chi connectivity index (χ4v) is 3.18. The number of nitrogens with zero attached hydrogens (tertiary/aromatic N) is 2. The largest absolute Gasteiger partial charge is 0.351 e. The van der Waals surface area contributed by atoms with Crippen molar-refractivity contribution in [2.24, 2.45) is 0 Å². The van der Waals surface area contributed by atoms with Crippen LogP contribution >= 0.6 is 0 Å². The Morgan fingerprint density at radius 2 is 1.86 bits per heavy atom. The van der Waals surface area contributed by atoms with Crippen molar-refractivity contribution in [3.05, 3.63) is 32.7 Å². The van der Waals surface area contributed by atoms with Crippen LogP contribution in [0, 0.1) is 6.92 Å². The second kappa shape index (κ2) is 5.02. The number of likely N-dealkylation sites (N-methyl/N-ethyl adjacent to an activating group) is 1. The van der Waals surface area contributed by atoms with Gasteiger partial charge in [0.15, 0.2) is 0 Å². The Kier molecular flexibility index (Phi) is 3.31. The quantitative estimate of drug-likeness (QED) is 0.747. The van der Waals surface area contributed by atoms with Crippen LogP contribution in [-0.2, 0) is 13.0 Å². The number of hydrogen-bond acceptors (Lipinski definition) is 3. The smallest absolute Gasteiger partial charge is 0.268 e. The molecule has 0 atom stereocenters. The minimum atomic E-state index is -0.236. The molecule has 3 rings (SSSR count). The molecule has 6 nitrogen and oxygen atoms in total. The maximum atomic E-state index is 12.6. The van der Waals surface area contributed by atoms with Crippen molar-refractivity contribution >= 4 is 11.8 Å². The average Bonchev–Trinajstić information content (AvgIpc) is 2.44. The van der Waals surface area contributed by atoms with Gasteiger partial charge in [0, 0.05) is 32.2 Å². The topological polar surface area (TPSA) is 71.4 Å². The number of fused-ring (bicyclic) bond motifs is 3. The second-order valence-electron chi connectivity index (χ2n) is 5.72. The van der Waals surface area contributed by atoms with Crippen LogP contribution in [0.25, 0.3) is 0 Å². The minimum absolute atomic E-state index is 0.163. The Morgan fingerprint density at radius 1 is 1.10 bits per heavy atom. The predicted molar refractivity (Wildman–Crippen MR) is 77.7 cm³/mol. The number of amides is 2. The number of pyridine rings is 1. The first-order valence-corrected chi connectivity index (χ1v) is 7.32. The second-order valence-corrected chi connectivity index (χ2v) is 5.72. The molecule has 0 spiro atoms. The van der Waals surface area contributed by atoms with Gasteiger partial charge in [-0.1, -0.05) is 0 Å². The molecule has 21 heavy (non-hydrogen) atoms. The highest BCUT2D eigenvalue weighted by Crippen LogP contribution is 2.24. The van der Waals surface area contributed by atoms with Crippen LogP contribution in [0.4, 0.5) is 0 Å². The lowest BCUT2D eigenvalue weighted by molar-refractivity contribution is 0.0778. The van der Waals surface area contributed by atoms with E-state index in [1.807, 2.05) is 0 Å². The number of carbonyl (C=O) groups is 2. The molecule has 0 fully saturated rings. The average molecular weight is 289 g/mol. The molecular weight excluding hydrogens is 270 g/mol. The molecule has 3 heterocycles. The summed E-state index contributed by atoms with van der Waals surface area (Å²) in [4.78, 5) is 38.9. The Bertz CT molecular complexity index is 690. The summed E-state index contributed by atoms with van der Waals surface area (Å²) < 4.78 is 1.56. The number of nitrogens with one attached hydrogen (secondary N) is 1. The van der Waals surface area contributed by atoms with E-state index >= 15 is 0 Å². The monoisotopic (exact) mass is 289 g/mol. The highest BCUT2D eigenvalue weighted by Gasteiger charge is 2.32. The van der Waals surface area contributed by atoms with Crippen molar-refractivity contribution in [1.29, 1.82) is 0 Å². The molecule has 2 amide bonds. The van der Waals surface area contributed by atoms with E-state index in [2.05, 4.69) is 5.32 Å². The van der Waals surface area contributed by atoms with Gasteiger partial charge in [0.25, 0.3) is 17.4 Å². The summed E-state index contributed by atoms with van der Waals surface area (Å²) in [6, 6.07) is 0. The maximum absolute atomic E-state index is 12.6. The van der Waals surface area contributed by atoms with Gasteiger partial charge in [0.05, 0.1) is 5.56 Å². The molecule has 0 saturated heterocycles. The van der Waals surface area contributed by atoms with Crippen LogP contribution in [-0.4, -0.2) is 41.4 Å². The molecule has 1 N–H and O–H groups in total. The summed E-state index contributed by atoms with van der Waals surface area (Å²) in [5.41, 5.74) is 1.79. The van der Waals surface area contributed by atoms with Crippen LogP contribution in [0.1, 0.15) is 44.8 Å². The van der Waals surface area contributed by atoms with Crippen molar-refractivity contribution in [3.63, 3.8) is 0 Å². The predicted octanol–water partition coefficient (Wildman–Crippen LogP) is 0.308. The Balaban J connectivity index is 2.32. The van der Waals surface area contributed by atoms with Crippen LogP contribution in [0.3, 0.4) is 0 Å². The van der Waals surface area contributed by atoms with Crippen molar-refractivity contribution in [2.75, 3.05) is 20.1 Å². The summed E-state index contributed by atoms with van der Waals surface area (Å²) in [7, 11) is 1.72. The van der Waals surface area contributed by atoms with Gasteiger partial charge in [-0.2, -0.15) is 0 Å². The Labute approximate surface area is 122 Å². The molecule has 0 aromatic carbocycles. The van der Waals surface area contributed by atoms with Gasteiger partial charge in [-0.15, -0.1) is 0 Å². The van der Waals surface area contributed by atoms with E-state index in [1.54, 1.807) is 23.4 Å². The molecule has 0 radical (unpaired) electrons. The third-order valence-corrected chi connectivity index (χ3v) is 4.37. The van der Waals surface area contributed by atoms with E-state index < -0.39 is 0 Å². The molecule has 2 aliphatic heterocycles. The van der Waals surface area contributed by atoms with E-state index in [9.17, 15) is 14.4 Å². The summed E-state index contributed by atoms with van der Waals surface area (Å²) in [6.45, 7) is 3.41. The standard InChI is InChI=1S/C15H19N3O3/c1-9-11-10(5-8-17(2)15(11)21)12-13(19)16-6-3-4-7-18(12)14(9)20/h3-8H2,1-2H3,(H,16,19). The highest BCUT2D eigenvalue weighted by molar-refractivity contribution is 6.03. The third-order valence-electron chi connectivity index (χ3n) is 4.37. The SMILES string of the molecule is Cc1c2c(c3n(c1=O)CCCCNC3=O)CCN(C)C2=O. The van der Waals surface area contributed by atoms with E-state index in [0.29, 0.717) is 42.9 Å². The summed E-state index contributed by atoms with van der Waals surface area (Å²) in [6.07, 6.45) is 2.32. The van der Waals surface area contributed by atoms with Crippen LogP contribution < -0.4 is 10.9 Å². The van der Waals surface area contributed by atoms with Crippen LogP contribution in [0.15, 0.2) is 4.79 Å². The Morgan fingerprint density at radius 3 is 2.62 bits per heavy atom. The van der Waals surface area contributed by atoms with Gasteiger partial charge in [-0.3, -0.25) is 14.4 Å². The first-order valence-electron chi connectivity index (χ1n) is 7.32. The molecule has 1 aromatic rings. The van der Waals surface area contributed by atoms with Crippen molar-refractivity contribution < 1.29 is 9.59 Å². The van der Waals surface area contributed by atoms with Gasteiger partial charge >= 0.3 is 0 Å². The summed E-state index contributed by atoms with van der Waals surface area (Å²) >= 11 is 0. The number of carbonyl (C=O) groups excluding carboxylic acids is 2. The van der Waals surface area contributed by atoms with Crippen molar-refractivity contribution in [3.8, 4) is 0 Å². The van der Waals surface area contributed by atoms with E-state index in [1.165, 1.54) is 0 Å². The summed E-state index contributed by atoms with van der Waals surface area (Å²) in [5, 5.41) is 2.84. The van der Waals surface area contributed by atoms with E-state index in [4.69, 9.17) is 0 Å². The number of rotatable bonds is 0. The molecule has 0 saturated carbocycles. The zero-order chi connectivity index (χ0) is 15.1. The third kappa shape index (κ3) is 2.05. The normalized spacial score (nSPS) is 18.5.